The van der Waals surface area contributed by atoms with Gasteiger partial charge < -0.3 is 4.74 Å². The highest BCUT2D eigenvalue weighted by molar-refractivity contribution is 6.21. The molecule has 3 rings (SSSR count). The van der Waals surface area contributed by atoms with Crippen molar-refractivity contribution < 1.29 is 14.3 Å². The van der Waals surface area contributed by atoms with Crippen molar-refractivity contribution in [1.82, 2.24) is 4.90 Å². The second kappa shape index (κ2) is 5.54. The molecule has 1 aromatic carbocycles. The number of ether oxygens (including phenoxy) is 1. The number of carbonyl (C=O) groups is 2. The predicted octanol–water partition coefficient (Wildman–Crippen LogP) is 2.96. The number of amides is 2. The standard InChI is InChI=1S/C18H19NO3/c1-4-7-16-11(2)10-15(12(3)22-16)19-17(20)13-8-5-6-9-14(13)18(19)21/h4-6,8-10,12,15-16H,1,7H2,2-3H3/t12-,15-,16+/m1/s1. The molecule has 0 radical (unpaired) electrons. The van der Waals surface area contributed by atoms with Gasteiger partial charge in [0.15, 0.2) is 0 Å². The SMILES string of the molecule is C=CC[C@@H]1O[C@H](C)[C@H](N2C(=O)c3ccccc3C2=O)C=C1C. The molecule has 0 saturated heterocycles. The normalized spacial score (nSPS) is 27.6. The van der Waals surface area contributed by atoms with Gasteiger partial charge in [-0.15, -0.1) is 6.58 Å². The third-order valence-corrected chi connectivity index (χ3v) is 4.31. The third kappa shape index (κ3) is 2.20. The van der Waals surface area contributed by atoms with Crippen LogP contribution in [0.15, 0.2) is 48.6 Å². The van der Waals surface area contributed by atoms with Crippen LogP contribution in [0.5, 0.6) is 0 Å². The average molecular weight is 297 g/mol. The van der Waals surface area contributed by atoms with Crippen molar-refractivity contribution in [3.8, 4) is 0 Å². The van der Waals surface area contributed by atoms with E-state index < -0.39 is 0 Å². The molecule has 114 valence electrons. The summed E-state index contributed by atoms with van der Waals surface area (Å²) in [7, 11) is 0. The first kappa shape index (κ1) is 14.7. The first-order chi connectivity index (χ1) is 10.5. The largest absolute Gasteiger partial charge is 0.368 e. The van der Waals surface area contributed by atoms with E-state index in [2.05, 4.69) is 6.58 Å². The minimum atomic E-state index is -0.367. The third-order valence-electron chi connectivity index (χ3n) is 4.31. The number of hydrogen-bond donors (Lipinski definition) is 0. The Bertz CT molecular complexity index is 642. The second-order valence-corrected chi connectivity index (χ2v) is 5.78. The first-order valence-corrected chi connectivity index (χ1v) is 7.46. The van der Waals surface area contributed by atoms with Gasteiger partial charge in [-0.05, 0) is 38.0 Å². The first-order valence-electron chi connectivity index (χ1n) is 7.46. The predicted molar refractivity (Wildman–Crippen MR) is 83.6 cm³/mol. The Morgan fingerprint density at radius 1 is 1.23 bits per heavy atom. The highest BCUT2D eigenvalue weighted by Gasteiger charge is 2.43. The fourth-order valence-electron chi connectivity index (χ4n) is 3.12. The Balaban J connectivity index is 1.94. The maximum absolute atomic E-state index is 12.6. The van der Waals surface area contributed by atoms with Crippen molar-refractivity contribution in [1.29, 1.82) is 0 Å². The molecule has 0 N–H and O–H groups in total. The molecule has 3 atom stereocenters. The molecule has 0 fully saturated rings. The lowest BCUT2D eigenvalue weighted by atomic mass is 9.97. The van der Waals surface area contributed by atoms with E-state index in [-0.39, 0.29) is 30.1 Å². The fourth-order valence-corrected chi connectivity index (χ4v) is 3.12. The Morgan fingerprint density at radius 3 is 2.36 bits per heavy atom. The van der Waals surface area contributed by atoms with Crippen LogP contribution in [0, 0.1) is 0 Å². The van der Waals surface area contributed by atoms with Crippen LogP contribution < -0.4 is 0 Å². The molecular formula is C18H19NO3. The molecule has 4 heteroatoms. The number of nitrogens with zero attached hydrogens (tertiary/aromatic N) is 1. The van der Waals surface area contributed by atoms with Gasteiger partial charge >= 0.3 is 0 Å². The van der Waals surface area contributed by atoms with Crippen molar-refractivity contribution in [2.45, 2.75) is 38.5 Å². The zero-order valence-electron chi connectivity index (χ0n) is 12.8. The van der Waals surface area contributed by atoms with E-state index in [9.17, 15) is 9.59 Å². The van der Waals surface area contributed by atoms with Gasteiger partial charge in [0.05, 0.1) is 29.4 Å². The highest BCUT2D eigenvalue weighted by Crippen LogP contribution is 2.31. The van der Waals surface area contributed by atoms with Gasteiger partial charge in [-0.2, -0.15) is 0 Å². The minimum Gasteiger partial charge on any atom is -0.368 e. The molecule has 0 unspecified atom stereocenters. The number of carbonyl (C=O) groups excluding carboxylic acids is 2. The van der Waals surface area contributed by atoms with Crippen LogP contribution in [0.3, 0.4) is 0 Å². The molecule has 0 bridgehead atoms. The smallest absolute Gasteiger partial charge is 0.262 e. The molecule has 0 saturated carbocycles. The number of fused-ring (bicyclic) bond motifs is 1. The zero-order valence-corrected chi connectivity index (χ0v) is 12.8. The maximum atomic E-state index is 12.6. The van der Waals surface area contributed by atoms with Crippen LogP contribution >= 0.6 is 0 Å². The molecule has 0 spiro atoms. The van der Waals surface area contributed by atoms with E-state index in [0.717, 1.165) is 12.0 Å². The fraction of sp³-hybridized carbons (Fsp3) is 0.333. The Hall–Kier alpha value is -2.20. The van der Waals surface area contributed by atoms with Gasteiger partial charge in [0, 0.05) is 0 Å². The molecule has 22 heavy (non-hydrogen) atoms. The van der Waals surface area contributed by atoms with Gasteiger partial charge in [0.2, 0.25) is 0 Å². The number of rotatable bonds is 3. The summed E-state index contributed by atoms with van der Waals surface area (Å²) in [5.41, 5.74) is 1.97. The van der Waals surface area contributed by atoms with Gasteiger partial charge in [-0.3, -0.25) is 14.5 Å². The zero-order chi connectivity index (χ0) is 15.9. The summed E-state index contributed by atoms with van der Waals surface area (Å²) in [6.45, 7) is 7.60. The summed E-state index contributed by atoms with van der Waals surface area (Å²) in [6.07, 6.45) is 4.25. The summed E-state index contributed by atoms with van der Waals surface area (Å²) >= 11 is 0. The summed E-state index contributed by atoms with van der Waals surface area (Å²) in [6, 6.07) is 6.57. The monoisotopic (exact) mass is 297 g/mol. The van der Waals surface area contributed by atoms with E-state index in [1.54, 1.807) is 24.3 Å². The molecule has 2 amide bonds. The lowest BCUT2D eigenvalue weighted by molar-refractivity contribution is -0.0245. The summed E-state index contributed by atoms with van der Waals surface area (Å²) < 4.78 is 5.97. The van der Waals surface area contributed by atoms with Gasteiger partial charge in [0.1, 0.15) is 0 Å². The van der Waals surface area contributed by atoms with Crippen LogP contribution in [0.1, 0.15) is 41.0 Å². The van der Waals surface area contributed by atoms with Gasteiger partial charge in [0.25, 0.3) is 11.8 Å². The minimum absolute atomic E-state index is 0.0288. The molecule has 4 nitrogen and oxygen atoms in total. The average Bonchev–Trinajstić information content (AvgIpc) is 2.76. The lowest BCUT2D eigenvalue weighted by Gasteiger charge is -2.36. The number of hydrogen-bond acceptors (Lipinski definition) is 3. The summed E-state index contributed by atoms with van der Waals surface area (Å²) in [4.78, 5) is 26.5. The number of benzene rings is 1. The van der Waals surface area contributed by atoms with E-state index in [4.69, 9.17) is 4.74 Å². The molecule has 1 aromatic rings. The van der Waals surface area contributed by atoms with Gasteiger partial charge in [-0.25, -0.2) is 0 Å². The second-order valence-electron chi connectivity index (χ2n) is 5.78. The van der Waals surface area contributed by atoms with Crippen LogP contribution in [0.2, 0.25) is 0 Å². The molecule has 0 aliphatic carbocycles. The maximum Gasteiger partial charge on any atom is 0.262 e. The summed E-state index contributed by atoms with van der Waals surface area (Å²) in [5, 5.41) is 0. The molecule has 0 aromatic heterocycles. The van der Waals surface area contributed by atoms with Crippen molar-refractivity contribution in [3.05, 3.63) is 59.7 Å². The van der Waals surface area contributed by atoms with E-state index >= 15 is 0 Å². The topological polar surface area (TPSA) is 46.6 Å². The van der Waals surface area contributed by atoms with E-state index in [0.29, 0.717) is 11.1 Å². The molecule has 2 aliphatic heterocycles. The molecule has 2 aliphatic rings. The highest BCUT2D eigenvalue weighted by atomic mass is 16.5. The van der Waals surface area contributed by atoms with E-state index in [1.165, 1.54) is 4.90 Å². The van der Waals surface area contributed by atoms with Crippen molar-refractivity contribution >= 4 is 11.8 Å². The Morgan fingerprint density at radius 2 is 1.82 bits per heavy atom. The van der Waals surface area contributed by atoms with Gasteiger partial charge in [-0.1, -0.05) is 24.3 Å². The molecular weight excluding hydrogens is 278 g/mol. The van der Waals surface area contributed by atoms with Crippen molar-refractivity contribution in [2.75, 3.05) is 0 Å². The Kier molecular flexibility index (Phi) is 3.71. The van der Waals surface area contributed by atoms with Crippen LogP contribution in [-0.2, 0) is 4.74 Å². The van der Waals surface area contributed by atoms with E-state index in [1.807, 2.05) is 26.0 Å². The summed E-state index contributed by atoms with van der Waals surface area (Å²) in [5.74, 6) is -0.487. The van der Waals surface area contributed by atoms with Crippen LogP contribution in [-0.4, -0.2) is 35.0 Å². The number of imide groups is 1. The molecule has 2 heterocycles. The van der Waals surface area contributed by atoms with Crippen LogP contribution in [0.25, 0.3) is 0 Å². The van der Waals surface area contributed by atoms with Crippen molar-refractivity contribution in [3.63, 3.8) is 0 Å². The van der Waals surface area contributed by atoms with Crippen LogP contribution in [0.4, 0.5) is 0 Å². The lowest BCUT2D eigenvalue weighted by Crippen LogP contribution is -2.49. The van der Waals surface area contributed by atoms with Crippen molar-refractivity contribution in [2.24, 2.45) is 0 Å². The quantitative estimate of drug-likeness (QED) is 0.636. The Labute approximate surface area is 130 Å².